The third kappa shape index (κ3) is 3.59. The van der Waals surface area contributed by atoms with Crippen LogP contribution in [0.4, 0.5) is 0 Å². The van der Waals surface area contributed by atoms with Gasteiger partial charge in [0.15, 0.2) is 11.5 Å². The van der Waals surface area contributed by atoms with Gasteiger partial charge in [0.1, 0.15) is 11.6 Å². The number of carbonyl (C=O) groups excluding carboxylic acids is 1. The molecular weight excluding hydrogens is 316 g/mol. The lowest BCUT2D eigenvalue weighted by Gasteiger charge is -2.22. The van der Waals surface area contributed by atoms with E-state index < -0.39 is 0 Å². The summed E-state index contributed by atoms with van der Waals surface area (Å²) >= 11 is 6.18. The highest BCUT2D eigenvalue weighted by atomic mass is 35.5. The van der Waals surface area contributed by atoms with Gasteiger partial charge in [-0.15, -0.1) is 0 Å². The first-order valence-electron chi connectivity index (χ1n) is 7.69. The van der Waals surface area contributed by atoms with Crippen molar-refractivity contribution in [1.29, 1.82) is 5.26 Å². The van der Waals surface area contributed by atoms with Crippen molar-refractivity contribution in [2.75, 3.05) is 6.79 Å². The molecule has 1 amide bonds. The molecule has 120 valence electrons. The summed E-state index contributed by atoms with van der Waals surface area (Å²) in [6, 6.07) is 5.41. The van der Waals surface area contributed by atoms with E-state index in [-0.39, 0.29) is 24.3 Å². The summed E-state index contributed by atoms with van der Waals surface area (Å²) in [6.07, 6.45) is 6.86. The molecule has 2 aliphatic rings. The monoisotopic (exact) mass is 332 g/mol. The lowest BCUT2D eigenvalue weighted by atomic mass is 9.95. The molecule has 6 heteroatoms. The third-order valence-corrected chi connectivity index (χ3v) is 4.42. The van der Waals surface area contributed by atoms with E-state index in [9.17, 15) is 10.1 Å². The van der Waals surface area contributed by atoms with Crippen LogP contribution >= 0.6 is 11.6 Å². The third-order valence-electron chi connectivity index (χ3n) is 4.10. The Balaban J connectivity index is 1.78. The lowest BCUT2D eigenvalue weighted by molar-refractivity contribution is -0.117. The molecule has 3 rings (SSSR count). The van der Waals surface area contributed by atoms with Crippen LogP contribution in [0, 0.1) is 11.3 Å². The van der Waals surface area contributed by atoms with Crippen LogP contribution in [0.2, 0.25) is 5.02 Å². The summed E-state index contributed by atoms with van der Waals surface area (Å²) in [7, 11) is 0. The van der Waals surface area contributed by atoms with Gasteiger partial charge in [0.2, 0.25) is 6.79 Å². The molecule has 0 atom stereocenters. The van der Waals surface area contributed by atoms with E-state index in [1.807, 2.05) is 6.07 Å². The molecule has 1 fully saturated rings. The molecule has 1 aromatic carbocycles. The zero-order valence-corrected chi connectivity index (χ0v) is 13.4. The summed E-state index contributed by atoms with van der Waals surface area (Å²) in [5, 5.41) is 12.6. The van der Waals surface area contributed by atoms with Crippen molar-refractivity contribution in [2.45, 2.75) is 38.1 Å². The first-order chi connectivity index (χ1) is 11.2. The summed E-state index contributed by atoms with van der Waals surface area (Å²) in [5.74, 6) is 0.774. The van der Waals surface area contributed by atoms with Gasteiger partial charge >= 0.3 is 0 Å². The highest BCUT2D eigenvalue weighted by Gasteiger charge is 2.20. The van der Waals surface area contributed by atoms with Crippen molar-refractivity contribution in [1.82, 2.24) is 5.32 Å². The number of halogens is 1. The first-order valence-corrected chi connectivity index (χ1v) is 8.07. The number of benzene rings is 1. The van der Waals surface area contributed by atoms with Crippen LogP contribution in [0.3, 0.4) is 0 Å². The Hall–Kier alpha value is -2.19. The Kier molecular flexibility index (Phi) is 4.73. The number of fused-ring (bicyclic) bond motifs is 1. The molecule has 0 radical (unpaired) electrons. The number of nitrogens with one attached hydrogen (secondary N) is 1. The van der Waals surface area contributed by atoms with Crippen molar-refractivity contribution in [3.05, 3.63) is 28.3 Å². The number of hydrogen-bond donors (Lipinski definition) is 1. The summed E-state index contributed by atoms with van der Waals surface area (Å²) in [5.41, 5.74) is 0.600. The normalized spacial score (nSPS) is 17.7. The molecule has 1 aliphatic carbocycles. The fourth-order valence-electron chi connectivity index (χ4n) is 2.86. The number of amides is 1. The Morgan fingerprint density at radius 2 is 1.96 bits per heavy atom. The maximum Gasteiger partial charge on any atom is 0.262 e. The van der Waals surface area contributed by atoms with E-state index >= 15 is 0 Å². The minimum absolute atomic E-state index is 0.0383. The minimum Gasteiger partial charge on any atom is -0.454 e. The predicted octanol–water partition coefficient (Wildman–Crippen LogP) is 3.42. The number of ether oxygens (including phenoxy) is 2. The van der Waals surface area contributed by atoms with Gasteiger partial charge < -0.3 is 14.8 Å². The zero-order valence-electron chi connectivity index (χ0n) is 12.6. The molecule has 1 heterocycles. The maximum absolute atomic E-state index is 12.3. The Morgan fingerprint density at radius 3 is 2.65 bits per heavy atom. The number of rotatable bonds is 3. The molecule has 5 nitrogen and oxygen atoms in total. The molecular formula is C17H17ClN2O3. The van der Waals surface area contributed by atoms with E-state index in [0.29, 0.717) is 22.1 Å². The number of nitriles is 1. The molecule has 1 saturated carbocycles. The smallest absolute Gasteiger partial charge is 0.262 e. The average molecular weight is 333 g/mol. The highest BCUT2D eigenvalue weighted by molar-refractivity contribution is 6.32. The Morgan fingerprint density at radius 1 is 1.26 bits per heavy atom. The molecule has 0 bridgehead atoms. The quantitative estimate of drug-likeness (QED) is 0.680. The summed E-state index contributed by atoms with van der Waals surface area (Å²) in [4.78, 5) is 12.3. The molecule has 0 aromatic heterocycles. The van der Waals surface area contributed by atoms with Crippen LogP contribution in [0.15, 0.2) is 17.7 Å². The first kappa shape index (κ1) is 15.7. The van der Waals surface area contributed by atoms with Crippen molar-refractivity contribution in [2.24, 2.45) is 0 Å². The molecule has 23 heavy (non-hydrogen) atoms. The van der Waals surface area contributed by atoms with Gasteiger partial charge in [-0.25, -0.2) is 0 Å². The van der Waals surface area contributed by atoms with Gasteiger partial charge in [-0.3, -0.25) is 4.79 Å². The molecule has 0 saturated heterocycles. The minimum atomic E-state index is -0.354. The SMILES string of the molecule is N#C/C(=C\c1cc2c(cc1Cl)OCO2)C(=O)NC1CCCCC1. The Labute approximate surface area is 139 Å². The molecule has 0 spiro atoms. The summed E-state index contributed by atoms with van der Waals surface area (Å²) in [6.45, 7) is 0.145. The van der Waals surface area contributed by atoms with Gasteiger partial charge in [0, 0.05) is 12.1 Å². The van der Waals surface area contributed by atoms with Crippen LogP contribution < -0.4 is 14.8 Å². The second-order valence-corrected chi connectivity index (χ2v) is 6.11. The fraction of sp³-hybridized carbons (Fsp3) is 0.412. The summed E-state index contributed by atoms with van der Waals surface area (Å²) < 4.78 is 10.5. The van der Waals surface area contributed by atoms with E-state index in [1.165, 1.54) is 12.5 Å². The van der Waals surface area contributed by atoms with E-state index in [1.54, 1.807) is 12.1 Å². The average Bonchev–Trinajstić information content (AvgIpc) is 3.00. The second kappa shape index (κ2) is 6.93. The van der Waals surface area contributed by atoms with Crippen molar-refractivity contribution < 1.29 is 14.3 Å². The highest BCUT2D eigenvalue weighted by Crippen LogP contribution is 2.37. The zero-order chi connectivity index (χ0) is 16.2. The lowest BCUT2D eigenvalue weighted by Crippen LogP contribution is -2.36. The largest absolute Gasteiger partial charge is 0.454 e. The number of nitrogens with zero attached hydrogens (tertiary/aromatic N) is 1. The van der Waals surface area contributed by atoms with Crippen molar-refractivity contribution >= 4 is 23.6 Å². The van der Waals surface area contributed by atoms with Gasteiger partial charge in [0.05, 0.1) is 5.02 Å². The van der Waals surface area contributed by atoms with Crippen molar-refractivity contribution in [3.63, 3.8) is 0 Å². The van der Waals surface area contributed by atoms with Crippen LogP contribution in [0.25, 0.3) is 6.08 Å². The van der Waals surface area contributed by atoms with Crippen LogP contribution in [0.5, 0.6) is 11.5 Å². The number of hydrogen-bond acceptors (Lipinski definition) is 4. The molecule has 0 unspecified atom stereocenters. The van der Waals surface area contributed by atoms with Crippen LogP contribution in [-0.2, 0) is 4.79 Å². The molecule has 1 N–H and O–H groups in total. The Bertz CT molecular complexity index is 688. The van der Waals surface area contributed by atoms with E-state index in [0.717, 1.165) is 25.7 Å². The van der Waals surface area contributed by atoms with E-state index in [4.69, 9.17) is 21.1 Å². The van der Waals surface area contributed by atoms with Gasteiger partial charge in [-0.2, -0.15) is 5.26 Å². The molecule has 1 aromatic rings. The van der Waals surface area contributed by atoms with Crippen LogP contribution in [-0.4, -0.2) is 18.7 Å². The van der Waals surface area contributed by atoms with Gasteiger partial charge in [-0.1, -0.05) is 30.9 Å². The standard InChI is InChI=1S/C17H17ClN2O3/c18-14-8-16-15(22-10-23-16)7-11(14)6-12(9-19)17(21)20-13-4-2-1-3-5-13/h6-8,13H,1-5,10H2,(H,20,21)/b12-6+. The van der Waals surface area contributed by atoms with Gasteiger partial charge in [-0.05, 0) is 30.5 Å². The van der Waals surface area contributed by atoms with E-state index in [2.05, 4.69) is 5.32 Å². The predicted molar refractivity (Wildman–Crippen MR) is 86.2 cm³/mol. The fourth-order valence-corrected chi connectivity index (χ4v) is 3.07. The van der Waals surface area contributed by atoms with Gasteiger partial charge in [0.25, 0.3) is 5.91 Å². The van der Waals surface area contributed by atoms with Crippen molar-refractivity contribution in [3.8, 4) is 17.6 Å². The topological polar surface area (TPSA) is 71.3 Å². The second-order valence-electron chi connectivity index (χ2n) is 5.71. The maximum atomic E-state index is 12.3. The molecule has 1 aliphatic heterocycles. The van der Waals surface area contributed by atoms with Crippen LogP contribution in [0.1, 0.15) is 37.7 Å². The number of carbonyl (C=O) groups is 1.